The maximum Gasteiger partial charge on any atom is 0.255 e. The number of nitrogens with one attached hydrogen (secondary N) is 1. The molecule has 3 nitrogen and oxygen atoms in total. The zero-order valence-electron chi connectivity index (χ0n) is 9.30. The van der Waals surface area contributed by atoms with Crippen LogP contribution in [0, 0.1) is 12.3 Å². The van der Waals surface area contributed by atoms with Gasteiger partial charge in [-0.15, -0.1) is 0 Å². The van der Waals surface area contributed by atoms with Crippen LogP contribution in [0.4, 0.5) is 14.5 Å². The number of alkyl halides is 2. The van der Waals surface area contributed by atoms with E-state index in [0.29, 0.717) is 11.3 Å². The molecule has 5 heteroatoms. The summed E-state index contributed by atoms with van der Waals surface area (Å²) < 4.78 is 24.5. The van der Waals surface area contributed by atoms with Gasteiger partial charge in [0.25, 0.3) is 6.43 Å². The first-order valence-electron chi connectivity index (χ1n) is 4.86. The standard InChI is InChI=1S/C11H15F2N3/c1-7-3-4-9(8(5-7)11(14)15)16(2)6-10(12)13/h3-5,10H,6H2,1-2H3,(H3,14,15). The number of aryl methyl sites for hydroxylation is 1. The Morgan fingerprint density at radius 1 is 1.50 bits per heavy atom. The summed E-state index contributed by atoms with van der Waals surface area (Å²) in [7, 11) is 1.56. The number of rotatable bonds is 4. The molecule has 0 aliphatic carbocycles. The van der Waals surface area contributed by atoms with Crippen molar-refractivity contribution >= 4 is 11.5 Å². The summed E-state index contributed by atoms with van der Waals surface area (Å²) in [6, 6.07) is 5.23. The van der Waals surface area contributed by atoms with Gasteiger partial charge in [0.05, 0.1) is 6.54 Å². The largest absolute Gasteiger partial charge is 0.384 e. The first kappa shape index (κ1) is 12.4. The van der Waals surface area contributed by atoms with E-state index in [-0.39, 0.29) is 12.4 Å². The van der Waals surface area contributed by atoms with Crippen molar-refractivity contribution < 1.29 is 8.78 Å². The third kappa shape index (κ3) is 2.92. The third-order valence-corrected chi connectivity index (χ3v) is 2.27. The first-order valence-corrected chi connectivity index (χ1v) is 4.86. The van der Waals surface area contributed by atoms with Crippen molar-refractivity contribution in [1.82, 2.24) is 0 Å². The number of anilines is 1. The highest BCUT2D eigenvalue weighted by Gasteiger charge is 2.13. The van der Waals surface area contributed by atoms with Gasteiger partial charge in [0.2, 0.25) is 0 Å². The van der Waals surface area contributed by atoms with Crippen LogP contribution in [0.5, 0.6) is 0 Å². The van der Waals surface area contributed by atoms with Gasteiger partial charge in [0, 0.05) is 18.3 Å². The molecule has 16 heavy (non-hydrogen) atoms. The van der Waals surface area contributed by atoms with Crippen molar-refractivity contribution in [2.24, 2.45) is 5.73 Å². The number of benzene rings is 1. The van der Waals surface area contributed by atoms with Crippen LogP contribution in [-0.4, -0.2) is 25.9 Å². The summed E-state index contributed by atoms with van der Waals surface area (Å²) in [5.41, 5.74) is 7.41. The molecule has 0 radical (unpaired) electrons. The van der Waals surface area contributed by atoms with E-state index < -0.39 is 6.43 Å². The monoisotopic (exact) mass is 227 g/mol. The molecule has 0 saturated carbocycles. The van der Waals surface area contributed by atoms with E-state index in [4.69, 9.17) is 11.1 Å². The number of hydrogen-bond acceptors (Lipinski definition) is 2. The van der Waals surface area contributed by atoms with E-state index >= 15 is 0 Å². The summed E-state index contributed by atoms with van der Waals surface area (Å²) in [6.45, 7) is 1.49. The molecule has 0 heterocycles. The molecule has 3 N–H and O–H groups in total. The Balaban J connectivity index is 3.07. The Hall–Kier alpha value is -1.65. The fraction of sp³-hybridized carbons (Fsp3) is 0.364. The molecule has 0 saturated heterocycles. The number of nitrogens with two attached hydrogens (primary N) is 1. The van der Waals surface area contributed by atoms with Crippen LogP contribution in [0.25, 0.3) is 0 Å². The van der Waals surface area contributed by atoms with Crippen molar-refractivity contribution in [3.05, 3.63) is 29.3 Å². The zero-order valence-corrected chi connectivity index (χ0v) is 9.30. The normalized spacial score (nSPS) is 10.6. The van der Waals surface area contributed by atoms with E-state index in [0.717, 1.165) is 5.56 Å². The average molecular weight is 227 g/mol. The fourth-order valence-electron chi connectivity index (χ4n) is 1.50. The molecular weight excluding hydrogens is 212 g/mol. The van der Waals surface area contributed by atoms with Crippen molar-refractivity contribution in [2.45, 2.75) is 13.3 Å². The van der Waals surface area contributed by atoms with Crippen LogP contribution in [0.15, 0.2) is 18.2 Å². The summed E-state index contributed by atoms with van der Waals surface area (Å²) in [4.78, 5) is 1.40. The Labute approximate surface area is 93.4 Å². The second-order valence-electron chi connectivity index (χ2n) is 3.71. The highest BCUT2D eigenvalue weighted by molar-refractivity contribution is 6.00. The van der Waals surface area contributed by atoms with E-state index in [1.54, 1.807) is 19.2 Å². The quantitative estimate of drug-likeness (QED) is 0.610. The molecule has 88 valence electrons. The lowest BCUT2D eigenvalue weighted by Crippen LogP contribution is -2.27. The molecule has 1 aromatic rings. The number of nitrogen functional groups attached to an aromatic ring is 1. The summed E-state index contributed by atoms with van der Waals surface area (Å²) >= 11 is 0. The maximum atomic E-state index is 12.3. The number of halogens is 2. The van der Waals surface area contributed by atoms with Crippen LogP contribution in [0.2, 0.25) is 0 Å². The molecule has 1 aromatic carbocycles. The molecule has 0 fully saturated rings. The van der Waals surface area contributed by atoms with Crippen molar-refractivity contribution in [2.75, 3.05) is 18.5 Å². The number of hydrogen-bond donors (Lipinski definition) is 2. The molecule has 0 aliphatic rings. The lowest BCUT2D eigenvalue weighted by Gasteiger charge is -2.22. The molecule has 0 bridgehead atoms. The van der Waals surface area contributed by atoms with Gasteiger partial charge in [-0.3, -0.25) is 5.41 Å². The minimum absolute atomic E-state index is 0.111. The van der Waals surface area contributed by atoms with Gasteiger partial charge in [-0.1, -0.05) is 11.6 Å². The smallest absolute Gasteiger partial charge is 0.255 e. The van der Waals surface area contributed by atoms with E-state index in [1.807, 2.05) is 13.0 Å². The molecule has 1 rings (SSSR count). The lowest BCUT2D eigenvalue weighted by atomic mass is 10.1. The van der Waals surface area contributed by atoms with Crippen LogP contribution in [0.3, 0.4) is 0 Å². The van der Waals surface area contributed by atoms with Crippen molar-refractivity contribution in [1.29, 1.82) is 5.41 Å². The second-order valence-corrected chi connectivity index (χ2v) is 3.71. The van der Waals surface area contributed by atoms with Crippen LogP contribution in [0.1, 0.15) is 11.1 Å². The highest BCUT2D eigenvalue weighted by Crippen LogP contribution is 2.21. The molecular formula is C11H15F2N3. The second kappa shape index (κ2) is 4.92. The average Bonchev–Trinajstić information content (AvgIpc) is 2.16. The molecule has 0 unspecified atom stereocenters. The number of nitrogens with zero attached hydrogens (tertiary/aromatic N) is 1. The molecule has 0 atom stereocenters. The van der Waals surface area contributed by atoms with Gasteiger partial charge in [-0.2, -0.15) is 0 Å². The predicted octanol–water partition coefficient (Wildman–Crippen LogP) is 1.98. The van der Waals surface area contributed by atoms with Crippen molar-refractivity contribution in [3.8, 4) is 0 Å². The topological polar surface area (TPSA) is 53.1 Å². The molecule has 0 amide bonds. The minimum Gasteiger partial charge on any atom is -0.384 e. The Kier molecular flexibility index (Phi) is 3.82. The van der Waals surface area contributed by atoms with Gasteiger partial charge in [-0.05, 0) is 19.1 Å². The van der Waals surface area contributed by atoms with E-state index in [1.165, 1.54) is 4.90 Å². The van der Waals surface area contributed by atoms with Crippen LogP contribution >= 0.6 is 0 Å². The lowest BCUT2D eigenvalue weighted by molar-refractivity contribution is 0.156. The Morgan fingerprint density at radius 2 is 2.12 bits per heavy atom. The molecule has 0 aliphatic heterocycles. The van der Waals surface area contributed by atoms with Crippen LogP contribution in [-0.2, 0) is 0 Å². The predicted molar refractivity (Wildman–Crippen MR) is 61.5 cm³/mol. The summed E-state index contributed by atoms with van der Waals surface area (Å²) in [6.07, 6.45) is -2.41. The summed E-state index contributed by atoms with van der Waals surface area (Å²) in [5, 5.41) is 7.41. The molecule has 0 aromatic heterocycles. The minimum atomic E-state index is -2.41. The third-order valence-electron chi connectivity index (χ3n) is 2.27. The van der Waals surface area contributed by atoms with E-state index in [2.05, 4.69) is 0 Å². The Bertz CT molecular complexity index is 391. The molecule has 0 spiro atoms. The Morgan fingerprint density at radius 3 is 2.62 bits per heavy atom. The van der Waals surface area contributed by atoms with E-state index in [9.17, 15) is 8.78 Å². The number of amidine groups is 1. The van der Waals surface area contributed by atoms with Crippen LogP contribution < -0.4 is 10.6 Å². The fourth-order valence-corrected chi connectivity index (χ4v) is 1.50. The van der Waals surface area contributed by atoms with Gasteiger partial charge in [0.1, 0.15) is 5.84 Å². The van der Waals surface area contributed by atoms with Crippen molar-refractivity contribution in [3.63, 3.8) is 0 Å². The summed E-state index contributed by atoms with van der Waals surface area (Å²) in [5.74, 6) is -0.111. The van der Waals surface area contributed by atoms with Gasteiger partial charge in [-0.25, -0.2) is 8.78 Å². The zero-order chi connectivity index (χ0) is 12.3. The van der Waals surface area contributed by atoms with Gasteiger partial charge in [0.15, 0.2) is 0 Å². The SMILES string of the molecule is Cc1ccc(N(C)CC(F)F)c(C(=N)N)c1. The van der Waals surface area contributed by atoms with Gasteiger partial charge < -0.3 is 10.6 Å². The first-order chi connectivity index (χ1) is 7.41. The highest BCUT2D eigenvalue weighted by atomic mass is 19.3. The maximum absolute atomic E-state index is 12.3. The van der Waals surface area contributed by atoms with Gasteiger partial charge >= 0.3 is 0 Å².